The maximum Gasteiger partial charge on any atom is 0.416 e. The summed E-state index contributed by atoms with van der Waals surface area (Å²) in [4.78, 5) is 31.1. The Balaban J connectivity index is 1.25. The standard InChI is InChI=1S/C31H32F3N9O2/c1-5-11-42-12-9-21(17-42)43-16-20(15-37-43)25-38-24-22(8-10-35-26(24)39-25)18-6-7-19(23(13-18)31(32,33)34)14-36-27(44)28-40-29(41-45-28)30(2,3)4/h5-8,10-11,13,15-16,21H,9,12,14,17H2,1-4H3,(H,36,44)(H,35,38,39)/b11-5-. The Morgan fingerprint density at radius 2 is 2.00 bits per heavy atom. The number of nitrogens with zero attached hydrogens (tertiary/aromatic N) is 7. The molecule has 45 heavy (non-hydrogen) atoms. The molecule has 1 saturated heterocycles. The first-order valence-corrected chi connectivity index (χ1v) is 14.5. The lowest BCUT2D eigenvalue weighted by atomic mass is 9.96. The molecule has 0 radical (unpaired) electrons. The summed E-state index contributed by atoms with van der Waals surface area (Å²) in [6.45, 7) is 8.95. The van der Waals surface area contributed by atoms with Crippen molar-refractivity contribution >= 4 is 17.1 Å². The highest BCUT2D eigenvalue weighted by molar-refractivity contribution is 5.92. The van der Waals surface area contributed by atoms with Crippen LogP contribution in [0.15, 0.2) is 59.7 Å². The molecule has 1 unspecified atom stereocenters. The second-order valence-electron chi connectivity index (χ2n) is 12.0. The van der Waals surface area contributed by atoms with Crippen molar-refractivity contribution in [3.8, 4) is 22.5 Å². The van der Waals surface area contributed by atoms with E-state index in [9.17, 15) is 18.0 Å². The van der Waals surface area contributed by atoms with Crippen molar-refractivity contribution in [2.75, 3.05) is 13.1 Å². The number of fused-ring (bicyclic) bond motifs is 1. The molecule has 0 aliphatic carbocycles. The lowest BCUT2D eigenvalue weighted by Crippen LogP contribution is -2.25. The van der Waals surface area contributed by atoms with Gasteiger partial charge >= 0.3 is 18.0 Å². The number of amides is 1. The molecule has 14 heteroatoms. The van der Waals surface area contributed by atoms with E-state index in [-0.39, 0.29) is 17.5 Å². The zero-order chi connectivity index (χ0) is 31.9. The monoisotopic (exact) mass is 619 g/mol. The number of aromatic amines is 1. The maximum absolute atomic E-state index is 14.3. The highest BCUT2D eigenvalue weighted by atomic mass is 19.4. The van der Waals surface area contributed by atoms with Crippen LogP contribution in [0.25, 0.3) is 33.7 Å². The van der Waals surface area contributed by atoms with Crippen LogP contribution in [0.1, 0.15) is 67.8 Å². The number of allylic oxidation sites excluding steroid dienone is 1. The van der Waals surface area contributed by atoms with Crippen molar-refractivity contribution in [2.24, 2.45) is 0 Å². The molecular formula is C31H32F3N9O2. The molecule has 1 amide bonds. The summed E-state index contributed by atoms with van der Waals surface area (Å²) in [5.74, 6) is -0.241. The minimum atomic E-state index is -4.68. The average molecular weight is 620 g/mol. The van der Waals surface area contributed by atoms with Crippen LogP contribution in [0.4, 0.5) is 13.2 Å². The van der Waals surface area contributed by atoms with Crippen LogP contribution in [0.5, 0.6) is 0 Å². The van der Waals surface area contributed by atoms with E-state index >= 15 is 0 Å². The van der Waals surface area contributed by atoms with Gasteiger partial charge in [-0.1, -0.05) is 44.1 Å². The highest BCUT2D eigenvalue weighted by Crippen LogP contribution is 2.37. The number of rotatable bonds is 7. The summed E-state index contributed by atoms with van der Waals surface area (Å²) >= 11 is 0. The number of alkyl halides is 3. The number of carbonyl (C=O) groups excluding carboxylic acids is 1. The first-order chi connectivity index (χ1) is 21.4. The fourth-order valence-electron chi connectivity index (χ4n) is 5.31. The molecular weight excluding hydrogens is 587 g/mol. The molecule has 2 N–H and O–H groups in total. The van der Waals surface area contributed by atoms with Gasteiger partial charge in [-0.15, -0.1) is 0 Å². The number of hydrogen-bond acceptors (Lipinski definition) is 8. The third-order valence-electron chi connectivity index (χ3n) is 7.65. The molecule has 1 atom stereocenters. The van der Waals surface area contributed by atoms with Gasteiger partial charge in [-0.3, -0.25) is 9.48 Å². The molecule has 234 valence electrons. The number of aromatic nitrogens is 7. The predicted octanol–water partition coefficient (Wildman–Crippen LogP) is 5.90. The number of carbonyl (C=O) groups is 1. The minimum absolute atomic E-state index is 0.113. The summed E-state index contributed by atoms with van der Waals surface area (Å²) in [6, 6.07) is 5.85. The second kappa shape index (κ2) is 11.5. The topological polar surface area (TPSA) is 131 Å². The van der Waals surface area contributed by atoms with Crippen LogP contribution in [0.3, 0.4) is 0 Å². The number of imidazole rings is 1. The Hall–Kier alpha value is -5.01. The van der Waals surface area contributed by atoms with Crippen molar-refractivity contribution < 1.29 is 22.5 Å². The Labute approximate surface area is 256 Å². The van der Waals surface area contributed by atoms with E-state index in [0.29, 0.717) is 33.9 Å². The molecule has 1 aliphatic heterocycles. The normalized spacial score (nSPS) is 15.9. The van der Waals surface area contributed by atoms with Gasteiger partial charge in [-0.05, 0) is 42.8 Å². The summed E-state index contributed by atoms with van der Waals surface area (Å²) < 4.78 is 49.7. The number of pyridine rings is 1. The first kappa shape index (κ1) is 30.0. The van der Waals surface area contributed by atoms with Crippen LogP contribution < -0.4 is 5.32 Å². The lowest BCUT2D eigenvalue weighted by Gasteiger charge is -2.15. The number of nitrogens with one attached hydrogen (secondary N) is 2. The lowest BCUT2D eigenvalue weighted by molar-refractivity contribution is -0.138. The SMILES string of the molecule is C/C=C\N1CCC(n2cc(-c3nc4nccc(-c5ccc(CNC(=O)c6nc(C(C)(C)C)no6)c(C(F)(F)F)c5)c4[nH]3)cn2)C1. The zero-order valence-corrected chi connectivity index (χ0v) is 25.2. The molecule has 6 rings (SSSR count). The van der Waals surface area contributed by atoms with Crippen LogP contribution >= 0.6 is 0 Å². The highest BCUT2D eigenvalue weighted by Gasteiger charge is 2.34. The van der Waals surface area contributed by atoms with E-state index in [2.05, 4.69) is 46.6 Å². The molecule has 1 fully saturated rings. The predicted molar refractivity (Wildman–Crippen MR) is 160 cm³/mol. The van der Waals surface area contributed by atoms with Crippen LogP contribution in [-0.4, -0.2) is 58.8 Å². The maximum atomic E-state index is 14.3. The van der Waals surface area contributed by atoms with E-state index in [1.165, 1.54) is 12.3 Å². The van der Waals surface area contributed by atoms with Gasteiger partial charge in [0, 0.05) is 43.0 Å². The number of halogens is 3. The van der Waals surface area contributed by atoms with Crippen molar-refractivity contribution in [3.63, 3.8) is 0 Å². The number of hydrogen-bond donors (Lipinski definition) is 2. The first-order valence-electron chi connectivity index (χ1n) is 14.5. The van der Waals surface area contributed by atoms with Crippen molar-refractivity contribution in [3.05, 3.63) is 78.0 Å². The van der Waals surface area contributed by atoms with Gasteiger partial charge in [0.2, 0.25) is 0 Å². The summed E-state index contributed by atoms with van der Waals surface area (Å²) in [6.07, 6.45) is 5.53. The molecule has 0 saturated carbocycles. The Bertz CT molecular complexity index is 1880. The smallest absolute Gasteiger partial charge is 0.375 e. The van der Waals surface area contributed by atoms with E-state index in [1.807, 2.05) is 44.6 Å². The minimum Gasteiger partial charge on any atom is -0.375 e. The summed E-state index contributed by atoms with van der Waals surface area (Å²) in [5.41, 5.74) is 0.995. The van der Waals surface area contributed by atoms with Crippen LogP contribution in [0, 0.1) is 0 Å². The molecule has 4 aromatic heterocycles. The molecule has 11 nitrogen and oxygen atoms in total. The number of likely N-dealkylation sites (tertiary alicyclic amines) is 1. The van der Waals surface area contributed by atoms with Gasteiger partial charge in [-0.2, -0.15) is 23.3 Å². The summed E-state index contributed by atoms with van der Waals surface area (Å²) in [7, 11) is 0. The second-order valence-corrected chi connectivity index (χ2v) is 12.0. The Kier molecular flexibility index (Phi) is 7.67. The van der Waals surface area contributed by atoms with Gasteiger partial charge in [0.1, 0.15) is 5.82 Å². The van der Waals surface area contributed by atoms with Crippen LogP contribution in [-0.2, 0) is 18.1 Å². The largest absolute Gasteiger partial charge is 0.416 e. The fraction of sp³-hybridized carbons (Fsp3) is 0.355. The third kappa shape index (κ3) is 6.17. The molecule has 1 aliphatic rings. The fourth-order valence-corrected chi connectivity index (χ4v) is 5.31. The molecule has 5 aromatic rings. The molecule has 0 spiro atoms. The quantitative estimate of drug-likeness (QED) is 0.230. The molecule has 0 bridgehead atoms. The third-order valence-corrected chi connectivity index (χ3v) is 7.65. The number of benzene rings is 1. The van der Waals surface area contributed by atoms with E-state index in [1.54, 1.807) is 18.3 Å². The van der Waals surface area contributed by atoms with E-state index < -0.39 is 29.6 Å². The number of H-pyrrole nitrogens is 1. The van der Waals surface area contributed by atoms with Crippen LogP contribution in [0.2, 0.25) is 0 Å². The summed E-state index contributed by atoms with van der Waals surface area (Å²) in [5, 5.41) is 10.8. The molecule has 5 heterocycles. The van der Waals surface area contributed by atoms with Crippen molar-refractivity contribution in [1.82, 2.24) is 45.1 Å². The average Bonchev–Trinajstić information content (AvgIpc) is 3.80. The van der Waals surface area contributed by atoms with Gasteiger partial charge < -0.3 is 19.7 Å². The Morgan fingerprint density at radius 3 is 2.73 bits per heavy atom. The Morgan fingerprint density at radius 1 is 1.18 bits per heavy atom. The van der Waals surface area contributed by atoms with E-state index in [4.69, 9.17) is 4.52 Å². The van der Waals surface area contributed by atoms with Gasteiger partial charge in [-0.25, -0.2) is 9.97 Å². The zero-order valence-electron chi connectivity index (χ0n) is 25.2. The van der Waals surface area contributed by atoms with Gasteiger partial charge in [0.25, 0.3) is 0 Å². The molecule has 1 aromatic carbocycles. The van der Waals surface area contributed by atoms with Crippen molar-refractivity contribution in [2.45, 2.75) is 58.3 Å². The van der Waals surface area contributed by atoms with Crippen molar-refractivity contribution in [1.29, 1.82) is 0 Å². The van der Waals surface area contributed by atoms with Gasteiger partial charge in [0.15, 0.2) is 11.5 Å². The van der Waals surface area contributed by atoms with Gasteiger partial charge in [0.05, 0.1) is 28.9 Å². The van der Waals surface area contributed by atoms with E-state index in [0.717, 1.165) is 31.1 Å².